The first kappa shape index (κ1) is 15.6. The Balaban J connectivity index is 2.07. The van der Waals surface area contributed by atoms with Gasteiger partial charge in [0.15, 0.2) is 0 Å². The summed E-state index contributed by atoms with van der Waals surface area (Å²) >= 11 is 3.11. The second-order valence-corrected chi connectivity index (χ2v) is 6.43. The number of rotatable bonds is 5. The van der Waals surface area contributed by atoms with Gasteiger partial charge in [-0.25, -0.2) is 9.07 Å². The normalized spacial score (nSPS) is 12.1. The van der Waals surface area contributed by atoms with Crippen LogP contribution in [-0.4, -0.2) is 17.4 Å². The molecular formula is C17H14FN3S2. The minimum Gasteiger partial charge on any atom is -0.253 e. The maximum atomic E-state index is 13.1. The summed E-state index contributed by atoms with van der Waals surface area (Å²) in [5, 5.41) is 8.53. The van der Waals surface area contributed by atoms with E-state index in [9.17, 15) is 4.39 Å². The zero-order chi connectivity index (χ0) is 16.1. The van der Waals surface area contributed by atoms with E-state index in [2.05, 4.69) is 16.7 Å². The molecule has 0 amide bonds. The highest BCUT2D eigenvalue weighted by atomic mass is 32.1. The van der Waals surface area contributed by atoms with Gasteiger partial charge in [0.25, 0.3) is 0 Å². The van der Waals surface area contributed by atoms with E-state index in [-0.39, 0.29) is 5.82 Å². The number of thiophene rings is 1. The number of thiazole rings is 1. The first-order valence-electron chi connectivity index (χ1n) is 6.93. The topological polar surface area (TPSA) is 29.6 Å². The van der Waals surface area contributed by atoms with Crippen LogP contribution in [0, 0.1) is 5.82 Å². The highest BCUT2D eigenvalue weighted by Gasteiger charge is 2.07. The molecule has 6 heteroatoms. The van der Waals surface area contributed by atoms with E-state index in [0.717, 1.165) is 20.9 Å². The minimum atomic E-state index is -0.255. The summed E-state index contributed by atoms with van der Waals surface area (Å²) < 4.78 is 14.9. The lowest BCUT2D eigenvalue weighted by Crippen LogP contribution is -2.12. The zero-order valence-corrected chi connectivity index (χ0v) is 13.9. The number of hydrogen-bond donors (Lipinski definition) is 0. The highest BCUT2D eigenvalue weighted by Crippen LogP contribution is 2.20. The molecule has 3 aromatic rings. The molecule has 0 bridgehead atoms. The predicted octanol–water partition coefficient (Wildman–Crippen LogP) is 4.39. The molecule has 0 aliphatic carbocycles. The smallest absolute Gasteiger partial charge is 0.206 e. The van der Waals surface area contributed by atoms with Gasteiger partial charge in [-0.1, -0.05) is 12.1 Å². The summed E-state index contributed by atoms with van der Waals surface area (Å²) in [6.07, 6.45) is 3.54. The molecule has 116 valence electrons. The SMILES string of the molecule is C=CCN=c1scc(-c2ccc(F)cc2)n1N=Cc1cccs1. The van der Waals surface area contributed by atoms with Crippen molar-refractivity contribution in [3.05, 3.63) is 75.3 Å². The number of benzene rings is 1. The van der Waals surface area contributed by atoms with Crippen LogP contribution in [0.3, 0.4) is 0 Å². The molecule has 3 nitrogen and oxygen atoms in total. The number of hydrogen-bond acceptors (Lipinski definition) is 4. The molecule has 23 heavy (non-hydrogen) atoms. The summed E-state index contributed by atoms with van der Waals surface area (Å²) in [7, 11) is 0. The van der Waals surface area contributed by atoms with Crippen molar-refractivity contribution in [1.29, 1.82) is 0 Å². The van der Waals surface area contributed by atoms with E-state index in [1.807, 2.05) is 22.9 Å². The summed E-state index contributed by atoms with van der Waals surface area (Å²) in [4.78, 5) is 6.30. The number of aromatic nitrogens is 1. The Morgan fingerprint density at radius 2 is 2.00 bits per heavy atom. The third-order valence-corrected chi connectivity index (χ3v) is 4.69. The van der Waals surface area contributed by atoms with Crippen molar-refractivity contribution in [3.8, 4) is 11.3 Å². The van der Waals surface area contributed by atoms with E-state index in [1.54, 1.807) is 40.4 Å². The van der Waals surface area contributed by atoms with Crippen molar-refractivity contribution in [2.45, 2.75) is 0 Å². The Hall–Kier alpha value is -2.31. The third kappa shape index (κ3) is 3.72. The third-order valence-electron chi connectivity index (χ3n) is 3.02. The largest absolute Gasteiger partial charge is 0.253 e. The fourth-order valence-corrected chi connectivity index (χ4v) is 3.39. The molecule has 0 spiro atoms. The van der Waals surface area contributed by atoms with Crippen LogP contribution in [0.2, 0.25) is 0 Å². The average molecular weight is 343 g/mol. The molecule has 0 radical (unpaired) electrons. The lowest BCUT2D eigenvalue weighted by Gasteiger charge is -2.03. The van der Waals surface area contributed by atoms with E-state index in [1.165, 1.54) is 23.5 Å². The van der Waals surface area contributed by atoms with Crippen LogP contribution in [-0.2, 0) is 0 Å². The van der Waals surface area contributed by atoms with Gasteiger partial charge in [-0.2, -0.15) is 5.10 Å². The van der Waals surface area contributed by atoms with Gasteiger partial charge >= 0.3 is 0 Å². The molecule has 1 aromatic carbocycles. The van der Waals surface area contributed by atoms with Gasteiger partial charge in [0.05, 0.1) is 18.5 Å². The highest BCUT2D eigenvalue weighted by molar-refractivity contribution is 7.11. The van der Waals surface area contributed by atoms with Gasteiger partial charge in [-0.3, -0.25) is 4.99 Å². The molecular weight excluding hydrogens is 329 g/mol. The molecule has 0 N–H and O–H groups in total. The minimum absolute atomic E-state index is 0.255. The fourth-order valence-electron chi connectivity index (χ4n) is 1.96. The summed E-state index contributed by atoms with van der Waals surface area (Å²) in [6.45, 7) is 4.22. The second kappa shape index (κ2) is 7.30. The second-order valence-electron chi connectivity index (χ2n) is 4.61. The molecule has 0 aliphatic rings. The zero-order valence-electron chi connectivity index (χ0n) is 12.2. The first-order chi connectivity index (χ1) is 11.3. The van der Waals surface area contributed by atoms with E-state index >= 15 is 0 Å². The lowest BCUT2D eigenvalue weighted by atomic mass is 10.2. The quantitative estimate of drug-likeness (QED) is 0.486. The molecule has 0 fully saturated rings. The van der Waals surface area contributed by atoms with Crippen LogP contribution in [0.1, 0.15) is 4.88 Å². The van der Waals surface area contributed by atoms with Gasteiger partial charge in [-0.05, 0) is 35.7 Å². The van der Waals surface area contributed by atoms with Crippen LogP contribution in [0.4, 0.5) is 4.39 Å². The Morgan fingerprint density at radius 3 is 2.70 bits per heavy atom. The monoisotopic (exact) mass is 343 g/mol. The summed E-state index contributed by atoms with van der Waals surface area (Å²) in [5.41, 5.74) is 1.77. The summed E-state index contributed by atoms with van der Waals surface area (Å²) in [5.74, 6) is -0.255. The molecule has 3 rings (SSSR count). The first-order valence-corrected chi connectivity index (χ1v) is 8.69. The summed E-state index contributed by atoms with van der Waals surface area (Å²) in [6, 6.07) is 10.4. The average Bonchev–Trinajstić information content (AvgIpc) is 3.21. The van der Waals surface area contributed by atoms with Gasteiger partial charge in [0.2, 0.25) is 4.80 Å². The van der Waals surface area contributed by atoms with Crippen LogP contribution in [0.15, 0.2) is 69.9 Å². The van der Waals surface area contributed by atoms with Crippen LogP contribution < -0.4 is 4.80 Å². The molecule has 2 heterocycles. The van der Waals surface area contributed by atoms with Gasteiger partial charge < -0.3 is 0 Å². The van der Waals surface area contributed by atoms with Gasteiger partial charge in [0, 0.05) is 15.8 Å². The number of halogens is 1. The molecule has 0 unspecified atom stereocenters. The van der Waals surface area contributed by atoms with Crippen LogP contribution in [0.5, 0.6) is 0 Å². The van der Waals surface area contributed by atoms with E-state index in [0.29, 0.717) is 6.54 Å². The van der Waals surface area contributed by atoms with Crippen molar-refractivity contribution in [1.82, 2.24) is 4.68 Å². The van der Waals surface area contributed by atoms with E-state index in [4.69, 9.17) is 0 Å². The molecule has 0 atom stereocenters. The maximum Gasteiger partial charge on any atom is 0.206 e. The van der Waals surface area contributed by atoms with Crippen LogP contribution >= 0.6 is 22.7 Å². The fraction of sp³-hybridized carbons (Fsp3) is 0.0588. The van der Waals surface area contributed by atoms with Crippen molar-refractivity contribution in [2.75, 3.05) is 6.54 Å². The van der Waals surface area contributed by atoms with Crippen LogP contribution in [0.25, 0.3) is 11.3 Å². The van der Waals surface area contributed by atoms with Gasteiger partial charge in [0.1, 0.15) is 5.82 Å². The van der Waals surface area contributed by atoms with Gasteiger partial charge in [-0.15, -0.1) is 29.3 Å². The molecule has 0 saturated carbocycles. The van der Waals surface area contributed by atoms with E-state index < -0.39 is 0 Å². The molecule has 2 aromatic heterocycles. The Kier molecular flexibility index (Phi) is 4.95. The van der Waals surface area contributed by atoms with Crippen molar-refractivity contribution in [3.63, 3.8) is 0 Å². The Morgan fingerprint density at radius 1 is 1.17 bits per heavy atom. The van der Waals surface area contributed by atoms with Crippen molar-refractivity contribution >= 4 is 28.9 Å². The lowest BCUT2D eigenvalue weighted by molar-refractivity contribution is 0.628. The molecule has 0 aliphatic heterocycles. The molecule has 0 saturated heterocycles. The van der Waals surface area contributed by atoms with Crippen molar-refractivity contribution in [2.24, 2.45) is 10.1 Å². The van der Waals surface area contributed by atoms with Crippen molar-refractivity contribution < 1.29 is 4.39 Å². The Labute approximate surface area is 141 Å². The Bertz CT molecular complexity index is 871. The maximum absolute atomic E-state index is 13.1. The number of nitrogens with zero attached hydrogens (tertiary/aromatic N) is 3. The standard InChI is InChI=1S/C17H14FN3S2/c1-2-9-19-17-21(20-11-15-4-3-10-22-15)16(12-23-17)13-5-7-14(18)8-6-13/h2-8,10-12H,1,9H2. The predicted molar refractivity (Wildman–Crippen MR) is 95.6 cm³/mol.